The molecule has 1 spiro atoms. The Kier molecular flexibility index (Phi) is 5.51. The van der Waals surface area contributed by atoms with E-state index in [1.54, 1.807) is 23.1 Å². The van der Waals surface area contributed by atoms with Gasteiger partial charge in [-0.25, -0.2) is 14.1 Å². The molecule has 1 saturated carbocycles. The summed E-state index contributed by atoms with van der Waals surface area (Å²) >= 11 is 3.44. The lowest BCUT2D eigenvalue weighted by Crippen LogP contribution is -2.47. The van der Waals surface area contributed by atoms with Crippen LogP contribution in [0.25, 0.3) is 0 Å². The molecule has 1 heterocycles. The van der Waals surface area contributed by atoms with Gasteiger partial charge >= 0.3 is 6.09 Å². The highest BCUT2D eigenvalue weighted by Crippen LogP contribution is 2.46. The number of rotatable bonds is 6. The Morgan fingerprint density at radius 3 is 2.67 bits per heavy atom. The number of nitrogens with zero attached hydrogens (tertiary/aromatic N) is 2. The van der Waals surface area contributed by atoms with Crippen LogP contribution in [0.2, 0.25) is 0 Å². The number of hydrogen-bond acceptors (Lipinski definition) is 4. The quantitative estimate of drug-likeness (QED) is 0.567. The molecular formula is C25H24BrFN2O4. The number of imide groups is 1. The van der Waals surface area contributed by atoms with Crippen LogP contribution in [0.3, 0.4) is 0 Å². The van der Waals surface area contributed by atoms with Crippen molar-refractivity contribution in [3.63, 3.8) is 0 Å². The van der Waals surface area contributed by atoms with E-state index >= 15 is 0 Å². The number of hydrogen-bond donors (Lipinski definition) is 0. The molecule has 3 amide bonds. The Morgan fingerprint density at radius 1 is 1.24 bits per heavy atom. The third kappa shape index (κ3) is 3.94. The number of benzene rings is 2. The molecule has 0 radical (unpaired) electrons. The summed E-state index contributed by atoms with van der Waals surface area (Å²) in [5, 5.41) is 0. The van der Waals surface area contributed by atoms with Crippen molar-refractivity contribution < 1.29 is 23.5 Å². The number of carbonyl (C=O) groups excluding carboxylic acids is 3. The topological polar surface area (TPSA) is 66.9 Å². The van der Waals surface area contributed by atoms with E-state index in [9.17, 15) is 18.8 Å². The van der Waals surface area contributed by atoms with Gasteiger partial charge in [0.1, 0.15) is 12.4 Å². The van der Waals surface area contributed by atoms with Crippen LogP contribution in [0.15, 0.2) is 46.9 Å². The van der Waals surface area contributed by atoms with E-state index in [1.165, 1.54) is 12.1 Å². The van der Waals surface area contributed by atoms with Gasteiger partial charge < -0.3 is 9.64 Å². The number of fused-ring (bicyclic) bond motifs is 2. The van der Waals surface area contributed by atoms with Crippen LogP contribution in [-0.2, 0) is 32.9 Å². The van der Waals surface area contributed by atoms with Crippen LogP contribution < -0.4 is 0 Å². The molecule has 2 aromatic carbocycles. The highest BCUT2D eigenvalue weighted by atomic mass is 79.9. The van der Waals surface area contributed by atoms with Crippen LogP contribution in [0.5, 0.6) is 0 Å². The summed E-state index contributed by atoms with van der Waals surface area (Å²) in [5.41, 5.74) is 1.09. The lowest BCUT2D eigenvalue weighted by Gasteiger charge is -2.30. The minimum absolute atomic E-state index is 0.0465. The predicted octanol–water partition coefficient (Wildman–Crippen LogP) is 4.54. The van der Waals surface area contributed by atoms with Gasteiger partial charge in [0.25, 0.3) is 5.91 Å². The highest BCUT2D eigenvalue weighted by molar-refractivity contribution is 9.10. The van der Waals surface area contributed by atoms with E-state index in [-0.39, 0.29) is 30.9 Å². The van der Waals surface area contributed by atoms with Gasteiger partial charge in [0.2, 0.25) is 11.5 Å². The van der Waals surface area contributed by atoms with Gasteiger partial charge in [0, 0.05) is 29.0 Å². The Balaban J connectivity index is 1.37. The molecule has 3 aliphatic rings. The summed E-state index contributed by atoms with van der Waals surface area (Å²) in [4.78, 5) is 42.2. The van der Waals surface area contributed by atoms with Crippen molar-refractivity contribution in [3.8, 4) is 0 Å². The van der Waals surface area contributed by atoms with Gasteiger partial charge in [-0.15, -0.1) is 0 Å². The molecular weight excluding hydrogens is 491 g/mol. The molecule has 2 aliphatic carbocycles. The van der Waals surface area contributed by atoms with Crippen LogP contribution in [0, 0.1) is 11.7 Å². The zero-order chi connectivity index (χ0) is 23.3. The van der Waals surface area contributed by atoms with Crippen LogP contribution in [0.1, 0.15) is 42.9 Å². The molecule has 1 saturated heterocycles. The molecule has 1 aliphatic heterocycles. The first kappa shape index (κ1) is 22.1. The fourth-order valence-corrected chi connectivity index (χ4v) is 5.34. The SMILES string of the molecule is C[C@@H](C1CC1)N(Cc1ccc(F)cc1)C(=O)CN1C(=O)O[C@]2(CCc3cc(Br)ccc32)C1=O. The first-order chi connectivity index (χ1) is 15.8. The predicted molar refractivity (Wildman–Crippen MR) is 121 cm³/mol. The first-order valence-electron chi connectivity index (χ1n) is 11.2. The molecule has 2 atom stereocenters. The number of halogens is 2. The maximum absolute atomic E-state index is 13.4. The summed E-state index contributed by atoms with van der Waals surface area (Å²) in [6.45, 7) is 1.90. The van der Waals surface area contributed by atoms with E-state index in [4.69, 9.17) is 4.74 Å². The van der Waals surface area contributed by atoms with E-state index in [0.29, 0.717) is 24.3 Å². The molecule has 6 nitrogen and oxygen atoms in total. The van der Waals surface area contributed by atoms with Crippen molar-refractivity contribution in [2.45, 2.75) is 50.8 Å². The second-order valence-electron chi connectivity index (χ2n) is 9.11. The lowest BCUT2D eigenvalue weighted by atomic mass is 9.95. The van der Waals surface area contributed by atoms with Crippen LogP contribution in [-0.4, -0.2) is 40.3 Å². The largest absolute Gasteiger partial charge is 0.427 e. The van der Waals surface area contributed by atoms with Crippen molar-refractivity contribution in [2.75, 3.05) is 6.54 Å². The van der Waals surface area contributed by atoms with Gasteiger partial charge in [-0.2, -0.15) is 0 Å². The average Bonchev–Trinajstić information content (AvgIpc) is 3.54. The molecule has 172 valence electrons. The average molecular weight is 515 g/mol. The van der Waals surface area contributed by atoms with E-state index in [0.717, 1.165) is 33.3 Å². The van der Waals surface area contributed by atoms with Crippen molar-refractivity contribution in [3.05, 3.63) is 69.4 Å². The molecule has 2 fully saturated rings. The Bertz CT molecular complexity index is 1130. The van der Waals surface area contributed by atoms with Gasteiger partial charge in [0.05, 0.1) is 0 Å². The summed E-state index contributed by atoms with van der Waals surface area (Å²) in [6.07, 6.45) is 2.27. The second-order valence-corrected chi connectivity index (χ2v) is 10.0. The Hall–Kier alpha value is -2.74. The number of ether oxygens (including phenoxy) is 1. The lowest BCUT2D eigenvalue weighted by molar-refractivity contribution is -0.143. The van der Waals surface area contributed by atoms with Gasteiger partial charge in [-0.1, -0.05) is 34.1 Å². The smallest absolute Gasteiger partial charge is 0.418 e. The first-order valence-corrected chi connectivity index (χ1v) is 12.0. The molecule has 8 heteroatoms. The Labute approximate surface area is 199 Å². The third-order valence-corrected chi connectivity index (χ3v) is 7.49. The number of amides is 3. The van der Waals surface area contributed by atoms with Crippen molar-refractivity contribution in [2.24, 2.45) is 5.92 Å². The fraction of sp³-hybridized carbons (Fsp3) is 0.400. The van der Waals surface area contributed by atoms with Crippen LogP contribution >= 0.6 is 15.9 Å². The van der Waals surface area contributed by atoms with Gasteiger partial charge in [0.15, 0.2) is 0 Å². The maximum atomic E-state index is 13.4. The molecule has 2 aromatic rings. The number of aryl methyl sites for hydroxylation is 1. The minimum atomic E-state index is -1.35. The van der Waals surface area contributed by atoms with E-state index in [1.807, 2.05) is 19.1 Å². The van der Waals surface area contributed by atoms with E-state index < -0.39 is 17.6 Å². The van der Waals surface area contributed by atoms with Gasteiger partial charge in [-0.3, -0.25) is 9.59 Å². The normalized spacial score (nSPS) is 22.5. The molecule has 5 rings (SSSR count). The number of carbonyl (C=O) groups is 3. The third-order valence-electron chi connectivity index (χ3n) is 7.00. The molecule has 0 bridgehead atoms. The summed E-state index contributed by atoms with van der Waals surface area (Å²) in [5.74, 6) is -0.758. The maximum Gasteiger partial charge on any atom is 0.418 e. The zero-order valence-electron chi connectivity index (χ0n) is 18.2. The van der Waals surface area contributed by atoms with Crippen molar-refractivity contribution >= 4 is 33.8 Å². The minimum Gasteiger partial charge on any atom is -0.427 e. The summed E-state index contributed by atoms with van der Waals surface area (Å²) in [7, 11) is 0. The monoisotopic (exact) mass is 514 g/mol. The summed E-state index contributed by atoms with van der Waals surface area (Å²) in [6, 6.07) is 11.5. The molecule has 0 N–H and O–H groups in total. The van der Waals surface area contributed by atoms with E-state index in [2.05, 4.69) is 15.9 Å². The van der Waals surface area contributed by atoms with Crippen LogP contribution in [0.4, 0.5) is 9.18 Å². The zero-order valence-corrected chi connectivity index (χ0v) is 19.8. The van der Waals surface area contributed by atoms with Crippen molar-refractivity contribution in [1.29, 1.82) is 0 Å². The van der Waals surface area contributed by atoms with Crippen molar-refractivity contribution in [1.82, 2.24) is 9.80 Å². The summed E-state index contributed by atoms with van der Waals surface area (Å²) < 4.78 is 19.9. The molecule has 0 aromatic heterocycles. The standard InChI is InChI=1S/C25H24BrFN2O4/c1-15(17-4-5-17)28(13-16-2-7-20(27)8-3-16)22(30)14-29-23(31)25(33-24(29)32)11-10-18-12-19(26)6-9-21(18)25/h2-3,6-9,12,15,17H,4-5,10-11,13-14H2,1H3/t15-,25-/m0/s1. The Morgan fingerprint density at radius 2 is 1.97 bits per heavy atom. The molecule has 33 heavy (non-hydrogen) atoms. The second kappa shape index (κ2) is 8.24. The van der Waals surface area contributed by atoms with Gasteiger partial charge in [-0.05, 0) is 67.5 Å². The fourth-order valence-electron chi connectivity index (χ4n) is 4.93. The highest BCUT2D eigenvalue weighted by Gasteiger charge is 2.58. The molecule has 0 unspecified atom stereocenters.